The van der Waals surface area contributed by atoms with Crippen molar-refractivity contribution in [3.8, 4) is 0 Å². The van der Waals surface area contributed by atoms with Gasteiger partial charge in [0, 0.05) is 29.9 Å². The number of para-hydroxylation sites is 1. The van der Waals surface area contributed by atoms with Crippen molar-refractivity contribution in [3.05, 3.63) is 161 Å². The Morgan fingerprint density at radius 2 is 1.27 bits per heavy atom. The molecule has 10 nitrogen and oxygen atoms in total. The van der Waals surface area contributed by atoms with Crippen LogP contribution in [0.25, 0.3) is 32.4 Å². The highest BCUT2D eigenvalue weighted by atomic mass is 16.4. The summed E-state index contributed by atoms with van der Waals surface area (Å²) in [5.41, 5.74) is 4.45. The molecule has 0 saturated heterocycles. The van der Waals surface area contributed by atoms with Crippen LogP contribution in [0.4, 0.5) is 0 Å². The number of rotatable bonds is 5. The van der Waals surface area contributed by atoms with Crippen LogP contribution in [0.15, 0.2) is 122 Å². The molecule has 7 aromatic rings. The number of hydrogen-bond acceptors (Lipinski definition) is 7. The zero-order valence-corrected chi connectivity index (χ0v) is 28.1. The second-order valence-corrected chi connectivity index (χ2v) is 12.2. The lowest BCUT2D eigenvalue weighted by Gasteiger charge is -2.26. The number of Topliss-reactive ketones (excluding diaryl/α,β-unsaturated/α-hetero) is 1. The number of aromatic carboxylic acids is 3. The third-order valence-corrected chi connectivity index (χ3v) is 9.20. The first kappa shape index (κ1) is 35.0. The van der Waals surface area contributed by atoms with Gasteiger partial charge in [-0.25, -0.2) is 24.4 Å². The van der Waals surface area contributed by atoms with E-state index < -0.39 is 17.9 Å². The topological polar surface area (TPSA) is 168 Å². The largest absolute Gasteiger partial charge is 0.478 e. The van der Waals surface area contributed by atoms with Crippen LogP contribution in [0.2, 0.25) is 0 Å². The van der Waals surface area contributed by atoms with Crippen LogP contribution < -0.4 is 0 Å². The second kappa shape index (κ2) is 15.4. The van der Waals surface area contributed by atoms with Gasteiger partial charge in [-0.2, -0.15) is 0 Å². The highest BCUT2D eigenvalue weighted by molar-refractivity contribution is 6.10. The number of benzene rings is 5. The van der Waals surface area contributed by atoms with Crippen LogP contribution in [0, 0.1) is 6.92 Å². The highest BCUT2D eigenvalue weighted by Crippen LogP contribution is 2.39. The molecule has 0 radical (unpaired) electrons. The Bertz CT molecular complexity index is 2440. The molecule has 0 aliphatic heterocycles. The predicted molar refractivity (Wildman–Crippen MR) is 197 cm³/mol. The Balaban J connectivity index is 0.000000150. The van der Waals surface area contributed by atoms with Crippen molar-refractivity contribution in [2.45, 2.75) is 32.1 Å². The van der Waals surface area contributed by atoms with E-state index in [0.29, 0.717) is 22.0 Å². The molecule has 0 amide bonds. The minimum atomic E-state index is -1.11. The van der Waals surface area contributed by atoms with E-state index in [4.69, 9.17) is 15.3 Å². The molecule has 2 aromatic heterocycles. The first-order chi connectivity index (χ1) is 25.2. The van der Waals surface area contributed by atoms with E-state index >= 15 is 0 Å². The van der Waals surface area contributed by atoms with Crippen molar-refractivity contribution >= 4 is 56.1 Å². The van der Waals surface area contributed by atoms with Crippen molar-refractivity contribution in [2.24, 2.45) is 0 Å². The summed E-state index contributed by atoms with van der Waals surface area (Å²) < 4.78 is 0. The number of fused-ring (bicyclic) bond motifs is 6. The van der Waals surface area contributed by atoms with Gasteiger partial charge < -0.3 is 15.3 Å². The summed E-state index contributed by atoms with van der Waals surface area (Å²) in [7, 11) is 0. The lowest BCUT2D eigenvalue weighted by atomic mass is 9.77. The van der Waals surface area contributed by atoms with Crippen LogP contribution >= 0.6 is 0 Å². The number of aromatic nitrogens is 3. The molecular weight excluding hydrogens is 658 g/mol. The highest BCUT2D eigenvalue weighted by Gasteiger charge is 2.28. The first-order valence-electron chi connectivity index (χ1n) is 16.5. The maximum absolute atomic E-state index is 13.0. The Morgan fingerprint density at radius 3 is 1.96 bits per heavy atom. The molecule has 3 N–H and O–H groups in total. The van der Waals surface area contributed by atoms with E-state index in [2.05, 4.69) is 63.5 Å². The Labute approximate surface area is 298 Å². The fourth-order valence-electron chi connectivity index (χ4n) is 6.69. The minimum absolute atomic E-state index is 0.0277. The second-order valence-electron chi connectivity index (χ2n) is 12.2. The van der Waals surface area contributed by atoms with Crippen LogP contribution in [-0.4, -0.2) is 54.0 Å². The molecule has 1 atom stereocenters. The van der Waals surface area contributed by atoms with Crippen molar-refractivity contribution in [2.75, 3.05) is 0 Å². The molecule has 52 heavy (non-hydrogen) atoms. The van der Waals surface area contributed by atoms with Gasteiger partial charge in [0.05, 0.1) is 27.8 Å². The van der Waals surface area contributed by atoms with Gasteiger partial charge in [0.25, 0.3) is 0 Å². The number of carboxylic acid groups (broad SMARTS) is 3. The molecule has 0 spiro atoms. The summed E-state index contributed by atoms with van der Waals surface area (Å²) in [6, 6.07) is 30.1. The lowest BCUT2D eigenvalue weighted by Crippen LogP contribution is -2.19. The Hall–Kier alpha value is -6.81. The third kappa shape index (κ3) is 7.22. The molecule has 5 aromatic carbocycles. The normalized spacial score (nSPS) is 13.2. The molecule has 1 aliphatic rings. The van der Waals surface area contributed by atoms with Gasteiger partial charge in [-0.15, -0.1) is 0 Å². The van der Waals surface area contributed by atoms with Crippen LogP contribution in [0.5, 0.6) is 0 Å². The standard InChI is InChI=1S/C23H18N2O.C10H7NO2.C9H8O4/c26-23(16-12-24-14-25-13-16)22-7-3-6-18-20-9-8-15-4-1-2-5-17(15)19(20)10-11-21(18)22;12-10(13)8-5-6-11-9-4-2-1-3-7(8)9;1-5-6(8(10)11)3-2-4-7(5)9(12)13/h1-2,4-5,8-14,22H,3,6-7H2;1-6H,(H,12,13);2-4H,1H3,(H,10,11)(H,12,13). The molecule has 10 heteroatoms. The molecular formula is C42H33N3O7. The Kier molecular flexibility index (Phi) is 10.4. The smallest absolute Gasteiger partial charge is 0.336 e. The van der Waals surface area contributed by atoms with Crippen molar-refractivity contribution < 1.29 is 34.5 Å². The minimum Gasteiger partial charge on any atom is -0.478 e. The number of carbonyl (C=O) groups excluding carboxylic acids is 1. The summed E-state index contributed by atoms with van der Waals surface area (Å²) >= 11 is 0. The number of carbonyl (C=O) groups is 4. The molecule has 1 unspecified atom stereocenters. The van der Waals surface area contributed by atoms with Gasteiger partial charge >= 0.3 is 17.9 Å². The molecule has 0 bridgehead atoms. The molecule has 258 valence electrons. The lowest BCUT2D eigenvalue weighted by molar-refractivity contribution is 0.0682. The zero-order chi connectivity index (χ0) is 36.8. The third-order valence-electron chi connectivity index (χ3n) is 9.20. The van der Waals surface area contributed by atoms with Crippen molar-refractivity contribution in [3.63, 3.8) is 0 Å². The fraction of sp³-hybridized carbons (Fsp3) is 0.119. The van der Waals surface area contributed by atoms with Gasteiger partial charge in [0.1, 0.15) is 6.33 Å². The van der Waals surface area contributed by atoms with Gasteiger partial charge in [0.2, 0.25) is 0 Å². The molecule has 0 saturated carbocycles. The maximum Gasteiger partial charge on any atom is 0.336 e. The molecule has 8 rings (SSSR count). The van der Waals surface area contributed by atoms with E-state index in [9.17, 15) is 19.2 Å². The van der Waals surface area contributed by atoms with Gasteiger partial charge in [0.15, 0.2) is 5.78 Å². The fourth-order valence-corrected chi connectivity index (χ4v) is 6.69. The van der Waals surface area contributed by atoms with Gasteiger partial charge in [-0.1, -0.05) is 72.8 Å². The molecule has 1 aliphatic carbocycles. The summed E-state index contributed by atoms with van der Waals surface area (Å²) in [5.74, 6) is -3.10. The SMILES string of the molecule is Cc1c(C(=O)O)cccc1C(=O)O.O=C(O)c1ccnc2ccccc12.O=C(c1cncnc1)C1CCCc2c1ccc1c2ccc2ccccc21. The number of pyridine rings is 1. The van der Waals surface area contributed by atoms with Gasteiger partial charge in [-0.05, 0) is 88.7 Å². The molecule has 0 fully saturated rings. The summed E-state index contributed by atoms with van der Waals surface area (Å²) in [6.07, 6.45) is 9.16. The molecule has 2 heterocycles. The summed E-state index contributed by atoms with van der Waals surface area (Å²) in [4.78, 5) is 57.1. The average molecular weight is 692 g/mol. The van der Waals surface area contributed by atoms with Crippen LogP contribution in [-0.2, 0) is 6.42 Å². The van der Waals surface area contributed by atoms with Gasteiger partial charge in [-0.3, -0.25) is 9.78 Å². The number of ketones is 1. The summed E-state index contributed by atoms with van der Waals surface area (Å²) in [6.45, 7) is 1.48. The van der Waals surface area contributed by atoms with Crippen molar-refractivity contribution in [1.29, 1.82) is 0 Å². The van der Waals surface area contributed by atoms with Crippen molar-refractivity contribution in [1.82, 2.24) is 15.0 Å². The van der Waals surface area contributed by atoms with E-state index in [0.717, 1.165) is 19.3 Å². The first-order valence-corrected chi connectivity index (χ1v) is 16.5. The number of nitrogens with zero attached hydrogens (tertiary/aromatic N) is 3. The van der Waals surface area contributed by atoms with E-state index in [1.54, 1.807) is 30.6 Å². The zero-order valence-electron chi connectivity index (χ0n) is 28.1. The summed E-state index contributed by atoms with van der Waals surface area (Å²) in [5, 5.41) is 32.0. The van der Waals surface area contributed by atoms with E-state index in [-0.39, 0.29) is 28.4 Å². The van der Waals surface area contributed by atoms with E-state index in [1.807, 2.05) is 6.07 Å². The van der Waals surface area contributed by atoms with Crippen LogP contribution in [0.3, 0.4) is 0 Å². The average Bonchev–Trinajstić information content (AvgIpc) is 3.17. The monoisotopic (exact) mass is 691 g/mol. The predicted octanol–water partition coefficient (Wildman–Crippen LogP) is 8.41. The quantitative estimate of drug-likeness (QED) is 0.118. The number of hydrogen-bond donors (Lipinski definition) is 3. The number of aryl methyl sites for hydroxylation is 1. The van der Waals surface area contributed by atoms with E-state index in [1.165, 1.54) is 76.4 Å². The Morgan fingerprint density at radius 1 is 0.635 bits per heavy atom. The number of carboxylic acids is 3. The maximum atomic E-state index is 13.0. The van der Waals surface area contributed by atoms with Crippen LogP contribution in [0.1, 0.15) is 76.9 Å².